The van der Waals surface area contributed by atoms with Gasteiger partial charge in [-0.25, -0.2) is 8.78 Å². The summed E-state index contributed by atoms with van der Waals surface area (Å²) in [5.41, 5.74) is 4.61. The average Bonchev–Trinajstić information content (AvgIpc) is 2.35. The molecule has 2 aromatic rings. The molecule has 7 heteroatoms. The van der Waals surface area contributed by atoms with Gasteiger partial charge in [0.25, 0.3) is 0 Å². The molecule has 0 heterocycles. The van der Waals surface area contributed by atoms with Gasteiger partial charge in [0.2, 0.25) is 0 Å². The van der Waals surface area contributed by atoms with Crippen LogP contribution in [0.2, 0.25) is 0 Å². The smallest absolute Gasteiger partial charge is 0.398 e. The Bertz CT molecular complexity index is 639. The van der Waals surface area contributed by atoms with E-state index in [9.17, 15) is 22.0 Å². The van der Waals surface area contributed by atoms with Crippen LogP contribution in [-0.4, -0.2) is 0 Å². The zero-order valence-electron chi connectivity index (χ0n) is 9.84. The van der Waals surface area contributed by atoms with E-state index in [0.29, 0.717) is 9.79 Å². The van der Waals surface area contributed by atoms with E-state index in [1.165, 1.54) is 12.1 Å². The number of alkyl halides is 3. The first kappa shape index (κ1) is 14.6. The predicted molar refractivity (Wildman–Crippen MR) is 66.3 cm³/mol. The molecule has 0 fully saturated rings. The first-order valence-corrected chi connectivity index (χ1v) is 6.18. The van der Waals surface area contributed by atoms with Crippen molar-refractivity contribution in [3.8, 4) is 0 Å². The van der Waals surface area contributed by atoms with Gasteiger partial charge in [-0.2, -0.15) is 13.2 Å². The third-order valence-electron chi connectivity index (χ3n) is 2.46. The lowest BCUT2D eigenvalue weighted by atomic mass is 10.2. The molecule has 2 rings (SSSR count). The molecule has 0 aromatic heterocycles. The summed E-state index contributed by atoms with van der Waals surface area (Å²) < 4.78 is 63.2. The van der Waals surface area contributed by atoms with E-state index < -0.39 is 23.4 Å². The zero-order chi connectivity index (χ0) is 14.9. The third kappa shape index (κ3) is 3.22. The topological polar surface area (TPSA) is 26.0 Å². The number of nitrogens with two attached hydrogens (primary N) is 1. The Morgan fingerprint density at radius 2 is 1.60 bits per heavy atom. The van der Waals surface area contributed by atoms with Gasteiger partial charge >= 0.3 is 6.18 Å². The molecule has 0 saturated heterocycles. The molecule has 0 atom stereocenters. The molecule has 0 saturated carbocycles. The molecule has 2 N–H and O–H groups in total. The van der Waals surface area contributed by atoms with Gasteiger partial charge in [0.05, 0.1) is 5.56 Å². The fourth-order valence-electron chi connectivity index (χ4n) is 1.49. The standard InChI is InChI=1S/C13H8F5NS/c14-9-3-2-8(6-10(9)15)20-12-4-1-7(5-11(12)19)13(16,17)18/h1-6H,19H2. The monoisotopic (exact) mass is 305 g/mol. The van der Waals surface area contributed by atoms with Crippen LogP contribution in [0, 0.1) is 11.6 Å². The van der Waals surface area contributed by atoms with Gasteiger partial charge in [0, 0.05) is 15.5 Å². The highest BCUT2D eigenvalue weighted by atomic mass is 32.2. The summed E-state index contributed by atoms with van der Waals surface area (Å²) in [7, 11) is 0. The van der Waals surface area contributed by atoms with Crippen LogP contribution >= 0.6 is 11.8 Å². The van der Waals surface area contributed by atoms with Crippen molar-refractivity contribution in [3.63, 3.8) is 0 Å². The summed E-state index contributed by atoms with van der Waals surface area (Å²) in [6, 6.07) is 6.11. The van der Waals surface area contributed by atoms with Gasteiger partial charge in [0.1, 0.15) is 0 Å². The van der Waals surface area contributed by atoms with Crippen molar-refractivity contribution in [3.05, 3.63) is 53.6 Å². The molecule has 1 nitrogen and oxygen atoms in total. The van der Waals surface area contributed by atoms with Crippen LogP contribution in [0.1, 0.15) is 5.56 Å². The van der Waals surface area contributed by atoms with Crippen LogP contribution in [0.25, 0.3) is 0 Å². The highest BCUT2D eigenvalue weighted by Gasteiger charge is 2.30. The minimum atomic E-state index is -4.47. The van der Waals surface area contributed by atoms with E-state index in [1.807, 2.05) is 0 Å². The van der Waals surface area contributed by atoms with Gasteiger partial charge in [-0.05, 0) is 36.4 Å². The SMILES string of the molecule is Nc1cc(C(F)(F)F)ccc1Sc1ccc(F)c(F)c1. The lowest BCUT2D eigenvalue weighted by Crippen LogP contribution is -2.05. The number of halogens is 5. The molecule has 0 unspecified atom stereocenters. The first-order chi connectivity index (χ1) is 9.27. The van der Waals surface area contributed by atoms with Crippen LogP contribution in [0.4, 0.5) is 27.6 Å². The minimum Gasteiger partial charge on any atom is -0.398 e. The second-order valence-electron chi connectivity index (χ2n) is 3.93. The lowest BCUT2D eigenvalue weighted by molar-refractivity contribution is -0.137. The minimum absolute atomic E-state index is 0.0745. The maximum absolute atomic E-state index is 13.0. The fraction of sp³-hybridized carbons (Fsp3) is 0.0769. The molecule has 2 aromatic carbocycles. The van der Waals surface area contributed by atoms with E-state index >= 15 is 0 Å². The highest BCUT2D eigenvalue weighted by molar-refractivity contribution is 7.99. The van der Waals surface area contributed by atoms with Gasteiger partial charge in [-0.15, -0.1) is 0 Å². The van der Waals surface area contributed by atoms with Crippen LogP contribution < -0.4 is 5.73 Å². The maximum Gasteiger partial charge on any atom is 0.416 e. The highest BCUT2D eigenvalue weighted by Crippen LogP contribution is 2.37. The van der Waals surface area contributed by atoms with E-state index in [0.717, 1.165) is 36.0 Å². The van der Waals surface area contributed by atoms with Crippen molar-refractivity contribution in [1.29, 1.82) is 0 Å². The first-order valence-electron chi connectivity index (χ1n) is 5.37. The molecule has 0 amide bonds. The maximum atomic E-state index is 13.0. The Morgan fingerprint density at radius 3 is 2.15 bits per heavy atom. The Labute approximate surface area is 115 Å². The van der Waals surface area contributed by atoms with E-state index in [1.54, 1.807) is 0 Å². The number of anilines is 1. The third-order valence-corrected chi connectivity index (χ3v) is 3.54. The largest absolute Gasteiger partial charge is 0.416 e. The Morgan fingerprint density at radius 1 is 0.900 bits per heavy atom. The molecular weight excluding hydrogens is 297 g/mol. The van der Waals surface area contributed by atoms with Crippen molar-refractivity contribution in [2.24, 2.45) is 0 Å². The fourth-order valence-corrected chi connectivity index (χ4v) is 2.35. The second-order valence-corrected chi connectivity index (χ2v) is 5.04. The van der Waals surface area contributed by atoms with Crippen molar-refractivity contribution in [2.45, 2.75) is 16.0 Å². The van der Waals surface area contributed by atoms with Gasteiger partial charge in [-0.3, -0.25) is 0 Å². The number of hydrogen-bond acceptors (Lipinski definition) is 2. The summed E-state index contributed by atoms with van der Waals surface area (Å²) >= 11 is 0.957. The molecule has 106 valence electrons. The zero-order valence-corrected chi connectivity index (χ0v) is 10.7. The average molecular weight is 305 g/mol. The molecular formula is C13H8F5NS. The molecule has 0 radical (unpaired) electrons. The molecule has 0 spiro atoms. The van der Waals surface area contributed by atoms with Crippen LogP contribution in [0.15, 0.2) is 46.2 Å². The number of benzene rings is 2. The van der Waals surface area contributed by atoms with Gasteiger partial charge in [-0.1, -0.05) is 11.8 Å². The normalized spacial score (nSPS) is 11.7. The van der Waals surface area contributed by atoms with Crippen molar-refractivity contribution in [2.75, 3.05) is 5.73 Å². The Balaban J connectivity index is 2.28. The predicted octanol–water partition coefficient (Wildman–Crippen LogP) is 4.72. The second kappa shape index (κ2) is 5.32. The van der Waals surface area contributed by atoms with Crippen molar-refractivity contribution < 1.29 is 22.0 Å². The molecule has 0 aliphatic carbocycles. The summed E-state index contributed by atoms with van der Waals surface area (Å²) in [5, 5.41) is 0. The number of nitrogen functional groups attached to an aromatic ring is 1. The van der Waals surface area contributed by atoms with E-state index in [-0.39, 0.29) is 5.69 Å². The van der Waals surface area contributed by atoms with Crippen molar-refractivity contribution in [1.82, 2.24) is 0 Å². The van der Waals surface area contributed by atoms with E-state index in [4.69, 9.17) is 5.73 Å². The number of hydrogen-bond donors (Lipinski definition) is 1. The van der Waals surface area contributed by atoms with Gasteiger partial charge in [0.15, 0.2) is 11.6 Å². The molecule has 0 aliphatic rings. The molecule has 20 heavy (non-hydrogen) atoms. The Hall–Kier alpha value is -1.76. The van der Waals surface area contributed by atoms with E-state index in [2.05, 4.69) is 0 Å². The molecule has 0 aliphatic heterocycles. The van der Waals surface area contributed by atoms with Crippen molar-refractivity contribution >= 4 is 17.4 Å². The van der Waals surface area contributed by atoms with Crippen LogP contribution in [0.3, 0.4) is 0 Å². The number of rotatable bonds is 2. The summed E-state index contributed by atoms with van der Waals surface area (Å²) in [6.45, 7) is 0. The quantitative estimate of drug-likeness (QED) is 0.642. The lowest BCUT2D eigenvalue weighted by Gasteiger charge is -2.10. The van der Waals surface area contributed by atoms with Crippen LogP contribution in [-0.2, 0) is 6.18 Å². The van der Waals surface area contributed by atoms with Crippen LogP contribution in [0.5, 0.6) is 0 Å². The summed E-state index contributed by atoms with van der Waals surface area (Å²) in [4.78, 5) is 0.680. The van der Waals surface area contributed by atoms with Gasteiger partial charge < -0.3 is 5.73 Å². The summed E-state index contributed by atoms with van der Waals surface area (Å²) in [5.74, 6) is -2.02. The summed E-state index contributed by atoms with van der Waals surface area (Å²) in [6.07, 6.45) is -4.47. The Kier molecular flexibility index (Phi) is 3.89. The molecule has 0 bridgehead atoms.